The highest BCUT2D eigenvalue weighted by atomic mass is 32.2. The van der Waals surface area contributed by atoms with Gasteiger partial charge < -0.3 is 10.2 Å². The summed E-state index contributed by atoms with van der Waals surface area (Å²) in [7, 11) is 0. The number of thiazole rings is 1. The number of carbonyl (C=O) groups excluding carboxylic acids is 1. The lowest BCUT2D eigenvalue weighted by atomic mass is 10.2. The van der Waals surface area contributed by atoms with Crippen molar-refractivity contribution in [2.75, 3.05) is 26.2 Å². The average molecular weight is 506 g/mol. The van der Waals surface area contributed by atoms with E-state index < -0.39 is 0 Å². The number of aryl methyl sites for hydroxylation is 1. The molecule has 4 aromatic rings. The van der Waals surface area contributed by atoms with Crippen LogP contribution in [0.3, 0.4) is 0 Å². The second-order valence-corrected chi connectivity index (χ2v) is 10.3. The van der Waals surface area contributed by atoms with Crippen molar-refractivity contribution in [3.63, 3.8) is 0 Å². The number of para-hydroxylation sites is 1. The fraction of sp³-hybridized carbons (Fsp3) is 0.320. The first-order valence-electron chi connectivity index (χ1n) is 11.7. The maximum atomic E-state index is 12.5. The van der Waals surface area contributed by atoms with Crippen LogP contribution in [-0.2, 0) is 5.75 Å². The monoisotopic (exact) mass is 505 g/mol. The Morgan fingerprint density at radius 2 is 2.00 bits per heavy atom. The Hall–Kier alpha value is -3.08. The van der Waals surface area contributed by atoms with Crippen LogP contribution in [0.1, 0.15) is 33.9 Å². The van der Waals surface area contributed by atoms with Crippen molar-refractivity contribution < 1.29 is 4.79 Å². The third-order valence-electron chi connectivity index (χ3n) is 5.93. The van der Waals surface area contributed by atoms with E-state index in [1.54, 1.807) is 24.2 Å². The average Bonchev–Trinajstić information content (AvgIpc) is 3.65. The molecule has 1 aliphatic rings. The van der Waals surface area contributed by atoms with Crippen molar-refractivity contribution in [1.82, 2.24) is 34.9 Å². The van der Waals surface area contributed by atoms with Crippen molar-refractivity contribution in [3.8, 4) is 17.1 Å². The Balaban J connectivity index is 1.29. The van der Waals surface area contributed by atoms with Crippen molar-refractivity contribution in [3.05, 3.63) is 70.4 Å². The Labute approximate surface area is 212 Å². The van der Waals surface area contributed by atoms with Crippen LogP contribution >= 0.6 is 23.1 Å². The highest BCUT2D eigenvalue weighted by Gasteiger charge is 2.19. The van der Waals surface area contributed by atoms with Gasteiger partial charge in [-0.15, -0.1) is 21.5 Å². The van der Waals surface area contributed by atoms with Gasteiger partial charge in [0.2, 0.25) is 0 Å². The van der Waals surface area contributed by atoms with E-state index in [2.05, 4.69) is 54.0 Å². The molecule has 1 N–H and O–H groups in total. The van der Waals surface area contributed by atoms with Crippen LogP contribution in [0.25, 0.3) is 17.1 Å². The molecule has 0 spiro atoms. The summed E-state index contributed by atoms with van der Waals surface area (Å²) in [4.78, 5) is 23.7. The smallest absolute Gasteiger partial charge is 0.270 e. The predicted molar refractivity (Wildman–Crippen MR) is 139 cm³/mol. The summed E-state index contributed by atoms with van der Waals surface area (Å²) >= 11 is 3.05. The van der Waals surface area contributed by atoms with Crippen LogP contribution in [0.5, 0.6) is 0 Å². The molecular formula is C25H27N7OS2. The quantitative estimate of drug-likeness (QED) is 0.341. The molecule has 4 heterocycles. The SMILES string of the molecule is Cc1ccccc1-n1c(SCc2nc(C(=O)NCCN3CCCC3)cs2)nnc1-c1cccnc1. The van der Waals surface area contributed by atoms with E-state index in [1.807, 2.05) is 29.6 Å². The van der Waals surface area contributed by atoms with Gasteiger partial charge in [-0.2, -0.15) is 0 Å². The van der Waals surface area contributed by atoms with Crippen LogP contribution in [0.15, 0.2) is 59.3 Å². The van der Waals surface area contributed by atoms with Crippen molar-refractivity contribution in [2.24, 2.45) is 0 Å². The molecule has 10 heteroatoms. The molecule has 35 heavy (non-hydrogen) atoms. The van der Waals surface area contributed by atoms with Gasteiger partial charge in [-0.05, 0) is 56.6 Å². The first-order chi connectivity index (χ1) is 17.2. The van der Waals surface area contributed by atoms with Gasteiger partial charge in [0.25, 0.3) is 5.91 Å². The summed E-state index contributed by atoms with van der Waals surface area (Å²) in [5.74, 6) is 1.23. The summed E-state index contributed by atoms with van der Waals surface area (Å²) < 4.78 is 2.07. The van der Waals surface area contributed by atoms with E-state index in [0.29, 0.717) is 18.0 Å². The van der Waals surface area contributed by atoms with E-state index in [1.165, 1.54) is 24.2 Å². The number of carbonyl (C=O) groups is 1. The number of rotatable bonds is 9. The highest BCUT2D eigenvalue weighted by Crippen LogP contribution is 2.31. The van der Waals surface area contributed by atoms with Gasteiger partial charge >= 0.3 is 0 Å². The number of nitrogens with one attached hydrogen (secondary N) is 1. The Morgan fingerprint density at radius 1 is 1.14 bits per heavy atom. The number of amides is 1. The molecule has 5 rings (SSSR count). The molecule has 0 bridgehead atoms. The molecule has 0 atom stereocenters. The van der Waals surface area contributed by atoms with Gasteiger partial charge in [-0.25, -0.2) is 4.98 Å². The van der Waals surface area contributed by atoms with Gasteiger partial charge in [-0.1, -0.05) is 30.0 Å². The minimum Gasteiger partial charge on any atom is -0.349 e. The lowest BCUT2D eigenvalue weighted by Crippen LogP contribution is -2.33. The van der Waals surface area contributed by atoms with E-state index in [-0.39, 0.29) is 5.91 Å². The highest BCUT2D eigenvalue weighted by molar-refractivity contribution is 7.98. The second-order valence-electron chi connectivity index (χ2n) is 8.39. The summed E-state index contributed by atoms with van der Waals surface area (Å²) in [6, 6.07) is 12.1. The zero-order valence-electron chi connectivity index (χ0n) is 19.6. The Bertz CT molecular complexity index is 1280. The van der Waals surface area contributed by atoms with Gasteiger partial charge in [0, 0.05) is 36.4 Å². The predicted octanol–water partition coefficient (Wildman–Crippen LogP) is 4.21. The number of nitrogens with zero attached hydrogens (tertiary/aromatic N) is 6. The molecule has 0 saturated carbocycles. The minimum absolute atomic E-state index is 0.112. The van der Waals surface area contributed by atoms with Crippen LogP contribution in [0.4, 0.5) is 0 Å². The number of benzene rings is 1. The zero-order valence-corrected chi connectivity index (χ0v) is 21.2. The van der Waals surface area contributed by atoms with Crippen molar-refractivity contribution in [1.29, 1.82) is 0 Å². The van der Waals surface area contributed by atoms with Crippen molar-refractivity contribution >= 4 is 29.0 Å². The van der Waals surface area contributed by atoms with Crippen molar-refractivity contribution in [2.45, 2.75) is 30.7 Å². The molecule has 1 saturated heterocycles. The fourth-order valence-electron chi connectivity index (χ4n) is 4.11. The van der Waals surface area contributed by atoms with E-state index in [4.69, 9.17) is 0 Å². The van der Waals surface area contributed by atoms with Gasteiger partial charge in [0.1, 0.15) is 10.7 Å². The standard InChI is InChI=1S/C25H27N7OS2/c1-18-7-2-3-9-21(18)32-23(19-8-6-10-26-15-19)29-30-25(32)35-17-22-28-20(16-34-22)24(33)27-11-14-31-12-4-5-13-31/h2-3,6-10,15-16H,4-5,11-14,17H2,1H3,(H,27,33). The molecular weight excluding hydrogens is 478 g/mol. The lowest BCUT2D eigenvalue weighted by molar-refractivity contribution is 0.0945. The third-order valence-corrected chi connectivity index (χ3v) is 7.90. The largest absolute Gasteiger partial charge is 0.349 e. The molecule has 1 aromatic carbocycles. The van der Waals surface area contributed by atoms with Gasteiger partial charge in [-0.3, -0.25) is 14.3 Å². The number of aromatic nitrogens is 5. The topological polar surface area (TPSA) is 88.8 Å². The molecule has 1 fully saturated rings. The first-order valence-corrected chi connectivity index (χ1v) is 13.5. The summed E-state index contributed by atoms with van der Waals surface area (Å²) in [5.41, 5.74) is 3.53. The zero-order chi connectivity index (χ0) is 24.0. The molecule has 0 aliphatic carbocycles. The summed E-state index contributed by atoms with van der Waals surface area (Å²) in [6.07, 6.45) is 6.05. The summed E-state index contributed by atoms with van der Waals surface area (Å²) in [6.45, 7) is 5.88. The third kappa shape index (κ3) is 5.61. The maximum absolute atomic E-state index is 12.5. The van der Waals surface area contributed by atoms with E-state index in [0.717, 1.165) is 52.4 Å². The molecule has 1 amide bonds. The second kappa shape index (κ2) is 11.1. The molecule has 0 radical (unpaired) electrons. The normalized spacial score (nSPS) is 13.9. The molecule has 180 valence electrons. The van der Waals surface area contributed by atoms with E-state index >= 15 is 0 Å². The number of likely N-dealkylation sites (tertiary alicyclic amines) is 1. The summed E-state index contributed by atoms with van der Waals surface area (Å²) in [5, 5.41) is 15.4. The number of hydrogen-bond acceptors (Lipinski definition) is 8. The number of thioether (sulfide) groups is 1. The molecule has 8 nitrogen and oxygen atoms in total. The number of pyridine rings is 1. The Morgan fingerprint density at radius 3 is 2.80 bits per heavy atom. The number of hydrogen-bond donors (Lipinski definition) is 1. The molecule has 0 unspecified atom stereocenters. The molecule has 1 aliphatic heterocycles. The van der Waals surface area contributed by atoms with Crippen LogP contribution in [-0.4, -0.2) is 61.7 Å². The van der Waals surface area contributed by atoms with Crippen LogP contribution in [0.2, 0.25) is 0 Å². The maximum Gasteiger partial charge on any atom is 0.270 e. The van der Waals surface area contributed by atoms with Crippen LogP contribution < -0.4 is 5.32 Å². The van der Waals surface area contributed by atoms with Gasteiger partial charge in [0.05, 0.1) is 11.4 Å². The fourth-order valence-corrected chi connectivity index (χ4v) is 5.85. The van der Waals surface area contributed by atoms with E-state index in [9.17, 15) is 4.79 Å². The molecule has 3 aromatic heterocycles. The minimum atomic E-state index is -0.112. The first kappa shape index (κ1) is 23.7. The van der Waals surface area contributed by atoms with Gasteiger partial charge in [0.15, 0.2) is 11.0 Å². The van der Waals surface area contributed by atoms with Crippen LogP contribution in [0, 0.1) is 6.92 Å². The Kier molecular flexibility index (Phi) is 7.51. The lowest BCUT2D eigenvalue weighted by Gasteiger charge is -2.14.